The Kier molecular flexibility index (Phi) is 3.30. The van der Waals surface area contributed by atoms with Crippen molar-refractivity contribution in [3.8, 4) is 0 Å². The zero-order chi connectivity index (χ0) is 12.5. The molecule has 6 nitrogen and oxygen atoms in total. The van der Waals surface area contributed by atoms with Crippen molar-refractivity contribution < 1.29 is 9.90 Å². The fraction of sp³-hybridized carbons (Fsp3) is 0.700. The molecule has 1 aliphatic heterocycles. The van der Waals surface area contributed by atoms with Crippen LogP contribution in [0.2, 0.25) is 0 Å². The van der Waals surface area contributed by atoms with E-state index in [2.05, 4.69) is 16.3 Å². The lowest BCUT2D eigenvalue weighted by Gasteiger charge is -2.18. The normalized spacial score (nSPS) is 24.2. The van der Waals surface area contributed by atoms with Crippen LogP contribution >= 0.6 is 11.5 Å². The summed E-state index contributed by atoms with van der Waals surface area (Å²) < 4.78 is 4.24. The maximum Gasteiger partial charge on any atom is 0.325 e. The van der Waals surface area contributed by atoms with Gasteiger partial charge in [-0.1, -0.05) is 6.92 Å². The number of rotatable bonds is 4. The van der Waals surface area contributed by atoms with Crippen LogP contribution in [0.15, 0.2) is 0 Å². The van der Waals surface area contributed by atoms with Gasteiger partial charge < -0.3 is 15.7 Å². The van der Waals surface area contributed by atoms with Gasteiger partial charge in [0.2, 0.25) is 5.13 Å². The van der Waals surface area contributed by atoms with Gasteiger partial charge in [0, 0.05) is 31.0 Å². The molecule has 2 heterocycles. The quantitative estimate of drug-likeness (QED) is 0.814. The molecule has 0 aliphatic carbocycles. The van der Waals surface area contributed by atoms with Gasteiger partial charge in [-0.2, -0.15) is 4.37 Å². The molecule has 0 spiro atoms. The number of carbonyl (C=O) groups is 1. The lowest BCUT2D eigenvalue weighted by atomic mass is 10.0. The summed E-state index contributed by atoms with van der Waals surface area (Å²) in [6.45, 7) is 3.01. The maximum absolute atomic E-state index is 11.0. The number of hydrogen-bond donors (Lipinski definition) is 2. The van der Waals surface area contributed by atoms with Gasteiger partial charge >= 0.3 is 5.97 Å². The fourth-order valence-corrected chi connectivity index (χ4v) is 2.61. The number of anilines is 1. The largest absolute Gasteiger partial charge is 0.480 e. The Labute approximate surface area is 104 Å². The average Bonchev–Trinajstić information content (AvgIpc) is 2.86. The molecule has 1 aromatic rings. The minimum Gasteiger partial charge on any atom is -0.480 e. The highest BCUT2D eigenvalue weighted by Gasteiger charge is 2.42. The highest BCUT2D eigenvalue weighted by atomic mass is 32.1. The van der Waals surface area contributed by atoms with E-state index in [-0.39, 0.29) is 0 Å². The third-order valence-electron chi connectivity index (χ3n) is 2.93. The van der Waals surface area contributed by atoms with E-state index in [1.54, 1.807) is 0 Å². The van der Waals surface area contributed by atoms with E-state index in [0.29, 0.717) is 19.5 Å². The van der Waals surface area contributed by atoms with Gasteiger partial charge in [-0.3, -0.25) is 4.79 Å². The molecule has 2 rings (SSSR count). The van der Waals surface area contributed by atoms with Gasteiger partial charge in [0.25, 0.3) is 0 Å². The summed E-state index contributed by atoms with van der Waals surface area (Å²) >= 11 is 1.32. The second kappa shape index (κ2) is 4.58. The number of nitrogens with two attached hydrogens (primary N) is 1. The van der Waals surface area contributed by atoms with Crippen molar-refractivity contribution >= 4 is 22.6 Å². The summed E-state index contributed by atoms with van der Waals surface area (Å²) in [4.78, 5) is 17.3. The number of carboxylic acids is 1. The maximum atomic E-state index is 11.0. The van der Waals surface area contributed by atoms with Crippen molar-refractivity contribution in [3.05, 3.63) is 5.82 Å². The van der Waals surface area contributed by atoms with Crippen molar-refractivity contribution in [3.63, 3.8) is 0 Å². The summed E-state index contributed by atoms with van der Waals surface area (Å²) in [5, 5.41) is 9.82. The van der Waals surface area contributed by atoms with Gasteiger partial charge in [-0.25, -0.2) is 4.98 Å². The molecular weight excluding hydrogens is 240 g/mol. The Bertz CT molecular complexity index is 422. The second-order valence-corrected chi connectivity index (χ2v) is 5.11. The standard InChI is InChI=1S/C10H16N4O2S/c1-2-3-7-12-9(17-13-7)14-5-4-10(11,6-14)8(15)16/h2-6,11H2,1H3,(H,15,16). The highest BCUT2D eigenvalue weighted by molar-refractivity contribution is 7.09. The van der Waals surface area contributed by atoms with E-state index >= 15 is 0 Å². The molecule has 7 heteroatoms. The predicted octanol–water partition coefficient (Wildman–Crippen LogP) is 0.483. The summed E-state index contributed by atoms with van der Waals surface area (Å²) in [6.07, 6.45) is 2.31. The summed E-state index contributed by atoms with van der Waals surface area (Å²) in [6, 6.07) is 0. The first-order valence-corrected chi connectivity index (χ1v) is 6.42. The van der Waals surface area contributed by atoms with Gasteiger partial charge in [0.1, 0.15) is 11.4 Å². The van der Waals surface area contributed by atoms with Crippen LogP contribution < -0.4 is 10.6 Å². The number of aromatic nitrogens is 2. The average molecular weight is 256 g/mol. The summed E-state index contributed by atoms with van der Waals surface area (Å²) in [7, 11) is 0. The first-order chi connectivity index (χ1) is 8.05. The molecule has 1 saturated heterocycles. The molecule has 0 radical (unpaired) electrons. The van der Waals surface area contributed by atoms with Crippen LogP contribution in [0.3, 0.4) is 0 Å². The molecule has 1 aliphatic rings. The molecule has 0 amide bonds. The molecule has 0 bridgehead atoms. The molecule has 1 unspecified atom stereocenters. The first-order valence-electron chi connectivity index (χ1n) is 5.65. The van der Waals surface area contributed by atoms with Crippen molar-refractivity contribution in [1.82, 2.24) is 9.36 Å². The number of aryl methyl sites for hydroxylation is 1. The number of aliphatic carboxylic acids is 1. The number of nitrogens with zero attached hydrogens (tertiary/aromatic N) is 3. The molecule has 1 aromatic heterocycles. The summed E-state index contributed by atoms with van der Waals surface area (Å²) in [5.74, 6) is -0.115. The lowest BCUT2D eigenvalue weighted by Crippen LogP contribution is -2.50. The van der Waals surface area contributed by atoms with E-state index in [4.69, 9.17) is 10.8 Å². The third kappa shape index (κ3) is 2.39. The van der Waals surface area contributed by atoms with E-state index in [0.717, 1.165) is 23.8 Å². The van der Waals surface area contributed by atoms with Crippen molar-refractivity contribution in [1.29, 1.82) is 0 Å². The van der Waals surface area contributed by atoms with Gasteiger partial charge in [-0.15, -0.1) is 0 Å². The Morgan fingerprint density at radius 3 is 3.06 bits per heavy atom. The van der Waals surface area contributed by atoms with Crippen LogP contribution in [0.4, 0.5) is 5.13 Å². The van der Waals surface area contributed by atoms with Crippen molar-refractivity contribution in [2.75, 3.05) is 18.0 Å². The molecule has 0 aromatic carbocycles. The Morgan fingerprint density at radius 1 is 1.71 bits per heavy atom. The lowest BCUT2D eigenvalue weighted by molar-refractivity contribution is -0.142. The monoisotopic (exact) mass is 256 g/mol. The van der Waals surface area contributed by atoms with Gasteiger partial charge in [0.15, 0.2) is 0 Å². The number of hydrogen-bond acceptors (Lipinski definition) is 6. The second-order valence-electron chi connectivity index (χ2n) is 4.38. The van der Waals surface area contributed by atoms with E-state index < -0.39 is 11.5 Å². The highest BCUT2D eigenvalue weighted by Crippen LogP contribution is 2.26. The zero-order valence-corrected chi connectivity index (χ0v) is 10.5. The zero-order valence-electron chi connectivity index (χ0n) is 9.72. The molecule has 1 fully saturated rings. The Balaban J connectivity index is 2.07. The van der Waals surface area contributed by atoms with E-state index in [9.17, 15) is 4.79 Å². The van der Waals surface area contributed by atoms with Crippen LogP contribution in [-0.2, 0) is 11.2 Å². The molecule has 0 saturated carbocycles. The number of carboxylic acid groups (broad SMARTS) is 1. The predicted molar refractivity (Wildman–Crippen MR) is 65.3 cm³/mol. The van der Waals surface area contributed by atoms with Gasteiger partial charge in [-0.05, 0) is 12.8 Å². The van der Waals surface area contributed by atoms with Crippen LogP contribution in [0, 0.1) is 0 Å². The molecular formula is C10H16N4O2S. The molecule has 17 heavy (non-hydrogen) atoms. The molecule has 94 valence electrons. The molecule has 3 N–H and O–H groups in total. The SMILES string of the molecule is CCCc1nsc(N2CCC(N)(C(=O)O)C2)n1. The molecule has 1 atom stereocenters. The van der Waals surface area contributed by atoms with Gasteiger partial charge in [0.05, 0.1) is 0 Å². The van der Waals surface area contributed by atoms with Crippen LogP contribution in [0.5, 0.6) is 0 Å². The topological polar surface area (TPSA) is 92.3 Å². The first kappa shape index (κ1) is 12.3. The minimum atomic E-state index is -1.14. The van der Waals surface area contributed by atoms with Crippen LogP contribution in [0.1, 0.15) is 25.6 Å². The smallest absolute Gasteiger partial charge is 0.325 e. The minimum absolute atomic E-state index is 0.309. The Hall–Kier alpha value is -1.21. The van der Waals surface area contributed by atoms with E-state index in [1.165, 1.54) is 11.5 Å². The fourth-order valence-electron chi connectivity index (χ4n) is 1.87. The van der Waals surface area contributed by atoms with Crippen molar-refractivity contribution in [2.45, 2.75) is 31.7 Å². The van der Waals surface area contributed by atoms with Crippen LogP contribution in [0.25, 0.3) is 0 Å². The van der Waals surface area contributed by atoms with Crippen LogP contribution in [-0.4, -0.2) is 39.1 Å². The van der Waals surface area contributed by atoms with Crippen molar-refractivity contribution in [2.24, 2.45) is 5.73 Å². The van der Waals surface area contributed by atoms with E-state index in [1.807, 2.05) is 4.90 Å². The Morgan fingerprint density at radius 2 is 2.47 bits per heavy atom. The third-order valence-corrected chi connectivity index (χ3v) is 3.74. The summed E-state index contributed by atoms with van der Waals surface area (Å²) in [5.41, 5.74) is 4.67.